The highest BCUT2D eigenvalue weighted by Crippen LogP contribution is 2.40. The van der Waals surface area contributed by atoms with Crippen molar-refractivity contribution < 1.29 is 14.2 Å². The number of aromatic nitrogens is 3. The summed E-state index contributed by atoms with van der Waals surface area (Å²) in [6.07, 6.45) is 4.52. The third-order valence-electron chi connectivity index (χ3n) is 3.58. The van der Waals surface area contributed by atoms with Crippen LogP contribution in [-0.4, -0.2) is 40.7 Å². The van der Waals surface area contributed by atoms with Crippen LogP contribution in [0.3, 0.4) is 0 Å². The topological polar surface area (TPSA) is 58.4 Å². The fourth-order valence-corrected chi connectivity index (χ4v) is 3.12. The van der Waals surface area contributed by atoms with Crippen LogP contribution in [0.5, 0.6) is 0 Å². The van der Waals surface area contributed by atoms with E-state index in [1.54, 1.807) is 35.3 Å². The van der Waals surface area contributed by atoms with Crippen LogP contribution in [0.25, 0.3) is 0 Å². The molecule has 1 aliphatic heterocycles. The maximum Gasteiger partial charge on any atom is 0.217 e. The third kappa shape index (κ3) is 3.79. The summed E-state index contributed by atoms with van der Waals surface area (Å²) < 4.78 is 19.3. The molecule has 1 aromatic heterocycles. The van der Waals surface area contributed by atoms with E-state index in [2.05, 4.69) is 16.7 Å². The van der Waals surface area contributed by atoms with Crippen molar-refractivity contribution in [3.8, 4) is 0 Å². The van der Waals surface area contributed by atoms with Gasteiger partial charge in [-0.15, -0.1) is 6.58 Å². The minimum atomic E-state index is -1.07. The molecule has 1 aromatic carbocycles. The van der Waals surface area contributed by atoms with E-state index < -0.39 is 5.79 Å². The standard InChI is InChI=1S/C16H17Cl2N3O3/c1-2-5-22-7-13-8-23-16(24-13,9-21-11-19-10-20-21)14-4-3-12(17)6-15(14)18/h2-4,6,10-11,13H,1,5,7-9H2/t13-,16-/m1/s1. The maximum absolute atomic E-state index is 6.38. The van der Waals surface area contributed by atoms with Gasteiger partial charge in [-0.2, -0.15) is 5.10 Å². The molecule has 0 unspecified atom stereocenters. The molecule has 0 radical (unpaired) electrons. The Labute approximate surface area is 149 Å². The first-order valence-electron chi connectivity index (χ1n) is 7.41. The summed E-state index contributed by atoms with van der Waals surface area (Å²) in [6, 6.07) is 5.21. The largest absolute Gasteiger partial charge is 0.375 e. The summed E-state index contributed by atoms with van der Waals surface area (Å²) in [6.45, 7) is 5.17. The highest BCUT2D eigenvalue weighted by Gasteiger charge is 2.45. The van der Waals surface area contributed by atoms with Gasteiger partial charge in [0.05, 0.1) is 24.8 Å². The number of halogens is 2. The van der Waals surface area contributed by atoms with Gasteiger partial charge in [-0.1, -0.05) is 35.3 Å². The van der Waals surface area contributed by atoms with Gasteiger partial charge in [0.25, 0.3) is 0 Å². The van der Waals surface area contributed by atoms with E-state index in [0.717, 1.165) is 0 Å². The van der Waals surface area contributed by atoms with Gasteiger partial charge in [-0.25, -0.2) is 9.67 Å². The lowest BCUT2D eigenvalue weighted by Crippen LogP contribution is -2.34. The molecule has 128 valence electrons. The van der Waals surface area contributed by atoms with E-state index in [0.29, 0.717) is 42.0 Å². The monoisotopic (exact) mass is 369 g/mol. The average molecular weight is 370 g/mol. The second-order valence-corrected chi connectivity index (χ2v) is 6.19. The molecule has 3 rings (SSSR count). The Hall–Kier alpha value is -1.44. The second kappa shape index (κ2) is 7.63. The zero-order valence-corrected chi connectivity index (χ0v) is 14.4. The molecule has 0 aliphatic carbocycles. The minimum absolute atomic E-state index is 0.222. The molecule has 2 heterocycles. The zero-order valence-electron chi connectivity index (χ0n) is 12.9. The molecule has 2 aromatic rings. The minimum Gasteiger partial charge on any atom is -0.375 e. The summed E-state index contributed by atoms with van der Waals surface area (Å²) in [5, 5.41) is 5.14. The van der Waals surface area contributed by atoms with Crippen LogP contribution in [0, 0.1) is 0 Å². The molecule has 8 heteroatoms. The number of hydrogen-bond acceptors (Lipinski definition) is 5. The van der Waals surface area contributed by atoms with Crippen LogP contribution in [0.1, 0.15) is 5.56 Å². The molecular formula is C16H17Cl2N3O3. The third-order valence-corrected chi connectivity index (χ3v) is 4.12. The van der Waals surface area contributed by atoms with Gasteiger partial charge < -0.3 is 14.2 Å². The molecule has 0 bridgehead atoms. The second-order valence-electron chi connectivity index (χ2n) is 5.35. The molecule has 0 saturated carbocycles. The maximum atomic E-state index is 6.38. The van der Waals surface area contributed by atoms with Gasteiger partial charge in [0.15, 0.2) is 0 Å². The van der Waals surface area contributed by atoms with Gasteiger partial charge in [0.2, 0.25) is 5.79 Å². The van der Waals surface area contributed by atoms with Gasteiger partial charge in [-0.3, -0.25) is 0 Å². The van der Waals surface area contributed by atoms with Crippen molar-refractivity contribution in [2.45, 2.75) is 18.4 Å². The van der Waals surface area contributed by atoms with E-state index in [1.165, 1.54) is 6.33 Å². The van der Waals surface area contributed by atoms with Crippen LogP contribution in [0.2, 0.25) is 10.0 Å². The normalized spacial score (nSPS) is 23.5. The van der Waals surface area contributed by atoms with Gasteiger partial charge >= 0.3 is 0 Å². The van der Waals surface area contributed by atoms with E-state index in [4.69, 9.17) is 37.4 Å². The van der Waals surface area contributed by atoms with Gasteiger partial charge in [-0.05, 0) is 12.1 Å². The number of ether oxygens (including phenoxy) is 3. The zero-order chi connectivity index (χ0) is 17.0. The predicted octanol–water partition coefficient (Wildman–Crippen LogP) is 3.06. The van der Waals surface area contributed by atoms with Crippen LogP contribution in [0.4, 0.5) is 0 Å². The average Bonchev–Trinajstić information content (AvgIpc) is 3.19. The Kier molecular flexibility index (Phi) is 5.53. The fourth-order valence-electron chi connectivity index (χ4n) is 2.57. The highest BCUT2D eigenvalue weighted by molar-refractivity contribution is 6.35. The van der Waals surface area contributed by atoms with Crippen LogP contribution in [-0.2, 0) is 26.5 Å². The summed E-state index contributed by atoms with van der Waals surface area (Å²) in [5.74, 6) is -1.07. The molecule has 2 atom stereocenters. The summed E-state index contributed by atoms with van der Waals surface area (Å²) >= 11 is 12.4. The molecule has 0 amide bonds. The van der Waals surface area contributed by atoms with Crippen molar-refractivity contribution in [3.05, 3.63) is 59.1 Å². The highest BCUT2D eigenvalue weighted by atomic mass is 35.5. The quantitative estimate of drug-likeness (QED) is 0.554. The van der Waals surface area contributed by atoms with Crippen molar-refractivity contribution in [1.82, 2.24) is 14.8 Å². The summed E-state index contributed by atoms with van der Waals surface area (Å²) in [7, 11) is 0. The molecule has 6 nitrogen and oxygen atoms in total. The first-order chi connectivity index (χ1) is 11.6. The first kappa shape index (κ1) is 17.4. The Bertz CT molecular complexity index is 696. The van der Waals surface area contributed by atoms with Crippen molar-refractivity contribution >= 4 is 23.2 Å². The van der Waals surface area contributed by atoms with E-state index in [9.17, 15) is 0 Å². The van der Waals surface area contributed by atoms with Gasteiger partial charge in [0.1, 0.15) is 25.3 Å². The molecule has 24 heavy (non-hydrogen) atoms. The number of benzene rings is 1. The Morgan fingerprint density at radius 2 is 2.33 bits per heavy atom. The van der Waals surface area contributed by atoms with Crippen molar-refractivity contribution in [3.63, 3.8) is 0 Å². The Morgan fingerprint density at radius 1 is 1.46 bits per heavy atom. The van der Waals surface area contributed by atoms with Crippen LogP contribution >= 0.6 is 23.2 Å². The van der Waals surface area contributed by atoms with E-state index in [1.807, 2.05) is 0 Å². The number of nitrogens with zero attached hydrogens (tertiary/aromatic N) is 3. The molecule has 1 saturated heterocycles. The van der Waals surface area contributed by atoms with Crippen molar-refractivity contribution in [2.75, 3.05) is 19.8 Å². The lowest BCUT2D eigenvalue weighted by atomic mass is 10.1. The smallest absolute Gasteiger partial charge is 0.217 e. The molecule has 0 N–H and O–H groups in total. The molecule has 0 spiro atoms. The molecular weight excluding hydrogens is 353 g/mol. The Balaban J connectivity index is 1.86. The summed E-state index contributed by atoms with van der Waals surface area (Å²) in [5.41, 5.74) is 0.690. The fraction of sp³-hybridized carbons (Fsp3) is 0.375. The lowest BCUT2D eigenvalue weighted by Gasteiger charge is -2.29. The predicted molar refractivity (Wildman–Crippen MR) is 90.0 cm³/mol. The number of hydrogen-bond donors (Lipinski definition) is 0. The van der Waals surface area contributed by atoms with Crippen LogP contribution < -0.4 is 0 Å². The lowest BCUT2D eigenvalue weighted by molar-refractivity contribution is -0.192. The van der Waals surface area contributed by atoms with E-state index in [-0.39, 0.29) is 6.10 Å². The Morgan fingerprint density at radius 3 is 3.04 bits per heavy atom. The van der Waals surface area contributed by atoms with Crippen molar-refractivity contribution in [2.24, 2.45) is 0 Å². The summed E-state index contributed by atoms with van der Waals surface area (Å²) in [4.78, 5) is 3.96. The molecule has 1 aliphatic rings. The van der Waals surface area contributed by atoms with Gasteiger partial charge in [0, 0.05) is 10.6 Å². The van der Waals surface area contributed by atoms with Crippen molar-refractivity contribution in [1.29, 1.82) is 0 Å². The van der Waals surface area contributed by atoms with E-state index >= 15 is 0 Å². The number of rotatable bonds is 7. The SMILES string of the molecule is C=CCOC[C@@H]1CO[C@@](Cn2cncn2)(c2ccc(Cl)cc2Cl)O1. The molecule has 1 fully saturated rings. The first-order valence-corrected chi connectivity index (χ1v) is 8.17. The van der Waals surface area contributed by atoms with Crippen LogP contribution in [0.15, 0.2) is 43.5 Å².